The van der Waals surface area contributed by atoms with Crippen molar-refractivity contribution in [3.8, 4) is 0 Å². The van der Waals surface area contributed by atoms with Gasteiger partial charge in [-0.1, -0.05) is 0 Å². The Bertz CT molecular complexity index is 20.5. The van der Waals surface area contributed by atoms with Crippen molar-refractivity contribution in [1.82, 2.24) is 0 Å². The van der Waals surface area contributed by atoms with E-state index in [2.05, 4.69) is 0 Å². The predicted molar refractivity (Wildman–Crippen MR) is 31.9 cm³/mol. The van der Waals surface area contributed by atoms with Gasteiger partial charge in [0, 0.05) is 0 Å². The summed E-state index contributed by atoms with van der Waals surface area (Å²) < 4.78 is 0. The van der Waals surface area contributed by atoms with Crippen molar-refractivity contribution >= 4 is 60.3 Å². The van der Waals surface area contributed by atoms with E-state index in [-0.39, 0.29) is 136 Å². The van der Waals surface area contributed by atoms with Gasteiger partial charge in [0.2, 0.25) is 0 Å². The zero-order valence-corrected chi connectivity index (χ0v) is 10.9. The van der Waals surface area contributed by atoms with Gasteiger partial charge in [-0.3, -0.25) is 0 Å². The molecule has 0 atom stereocenters. The molecule has 32 valence electrons. The second-order valence-corrected chi connectivity index (χ2v) is 0. The van der Waals surface area contributed by atoms with Gasteiger partial charge in [-0.15, -0.1) is 37.2 Å². The largest absolute Gasteiger partial charge is 2.00 e. The van der Waals surface area contributed by atoms with Crippen molar-refractivity contribution in [2.75, 3.05) is 0 Å². The smallest absolute Gasteiger partial charge is 1.00 e. The molecule has 0 aromatic heterocycles. The average Bonchev–Trinajstić information content (AvgIpc) is 0. The molecule has 0 heterocycles. The van der Waals surface area contributed by atoms with Crippen LogP contribution in [0.5, 0.6) is 0 Å². The Labute approximate surface area is 133 Å². The van der Waals surface area contributed by atoms with Crippen molar-refractivity contribution in [2.45, 2.75) is 0 Å². The molecule has 0 rings (SSSR count). The van der Waals surface area contributed by atoms with Crippen LogP contribution in [0.2, 0.25) is 0 Å². The number of hydrogen-bond donors (Lipinski definition) is 0. The molecule has 0 bridgehead atoms. The summed E-state index contributed by atoms with van der Waals surface area (Å²) >= 11 is 0. The van der Waals surface area contributed by atoms with Gasteiger partial charge in [-0.2, -0.15) is 0 Å². The molecular formula is H7Cl3KLiMg. The fourth-order valence-electron chi connectivity index (χ4n) is 0. The summed E-state index contributed by atoms with van der Waals surface area (Å²) in [5.74, 6) is 0. The van der Waals surface area contributed by atoms with Crippen LogP contribution in [0.25, 0.3) is 0 Å². The molecule has 0 nitrogen and oxygen atoms in total. The van der Waals surface area contributed by atoms with E-state index >= 15 is 0 Å². The molecule has 0 saturated carbocycles. The molecule has 0 radical (unpaired) electrons. The van der Waals surface area contributed by atoms with Crippen LogP contribution in [0.3, 0.4) is 0 Å². The summed E-state index contributed by atoms with van der Waals surface area (Å²) in [4.78, 5) is 0. The van der Waals surface area contributed by atoms with Crippen molar-refractivity contribution in [3.63, 3.8) is 0 Å². The fraction of sp³-hybridized carbons (Fsp3) is 0. The Morgan fingerprint density at radius 1 is 0.833 bits per heavy atom. The maximum atomic E-state index is 0. The Balaban J connectivity index is 0. The minimum Gasteiger partial charge on any atom is -1.00 e. The first kappa shape index (κ1) is 51.8. The van der Waals surface area contributed by atoms with Crippen LogP contribution in [-0.2, 0) is 0 Å². The van der Waals surface area contributed by atoms with Gasteiger partial charge < -0.3 is 5.71 Å². The van der Waals surface area contributed by atoms with E-state index in [1.165, 1.54) is 0 Å². The Hall–Kier alpha value is 3.87. The molecular weight excluding hydrogens is 177 g/mol. The Morgan fingerprint density at radius 3 is 0.833 bits per heavy atom. The van der Waals surface area contributed by atoms with E-state index in [1.54, 1.807) is 0 Å². The molecule has 0 aromatic rings. The monoisotopic (exact) mass is 182 g/mol. The molecule has 0 N–H and O–H groups in total. The molecule has 6 heavy (non-hydrogen) atoms. The summed E-state index contributed by atoms with van der Waals surface area (Å²) in [5, 5.41) is 0. The predicted octanol–water partition coefficient (Wildman–Crippen LogP) is -4.66. The van der Waals surface area contributed by atoms with Gasteiger partial charge in [0.1, 0.15) is 0 Å². The first-order valence-corrected chi connectivity index (χ1v) is 0. The van der Waals surface area contributed by atoms with Crippen LogP contribution < -0.4 is 70.2 Å². The molecule has 0 amide bonds. The van der Waals surface area contributed by atoms with E-state index in [4.69, 9.17) is 0 Å². The van der Waals surface area contributed by atoms with E-state index in [9.17, 15) is 0 Å². The number of halogens is 3. The minimum absolute atomic E-state index is 0. The average molecular weight is 184 g/mol. The first-order chi connectivity index (χ1) is 0. The van der Waals surface area contributed by atoms with Crippen molar-refractivity contribution in [3.05, 3.63) is 0 Å². The molecule has 0 fully saturated rings. The van der Waals surface area contributed by atoms with Gasteiger partial charge in [0.15, 0.2) is 0 Å². The van der Waals surface area contributed by atoms with Gasteiger partial charge in [-0.25, -0.2) is 0 Å². The van der Waals surface area contributed by atoms with Crippen molar-refractivity contribution in [2.24, 2.45) is 0 Å². The second kappa shape index (κ2) is 36.7. The van der Waals surface area contributed by atoms with Crippen LogP contribution in [0.15, 0.2) is 0 Å². The van der Waals surface area contributed by atoms with Crippen LogP contribution >= 0.6 is 37.2 Å². The standard InChI is InChI=1S/3ClH.K.Li.Mg.4H/h3*1H;;;;;;;/q;;;2*+1;+2;4*-1. The molecule has 0 aliphatic heterocycles. The number of hydrogen-bond acceptors (Lipinski definition) is 0. The van der Waals surface area contributed by atoms with Gasteiger partial charge >= 0.3 is 93.3 Å². The van der Waals surface area contributed by atoms with Crippen LogP contribution in [0, 0.1) is 0 Å². The van der Waals surface area contributed by atoms with Crippen LogP contribution in [0.4, 0.5) is 0 Å². The minimum atomic E-state index is 0. The molecule has 0 aliphatic rings. The van der Waals surface area contributed by atoms with Crippen molar-refractivity contribution < 1.29 is 76.0 Å². The van der Waals surface area contributed by atoms with Gasteiger partial charge in [0.05, 0.1) is 0 Å². The summed E-state index contributed by atoms with van der Waals surface area (Å²) in [7, 11) is 0. The zero-order valence-electron chi connectivity index (χ0n) is 7.93. The zero-order chi connectivity index (χ0) is 0. The SMILES string of the molecule is Cl.Cl.Cl.[H-].[H-].[H-].[H-].[K+].[Li+].[Mg+2]. The Morgan fingerprint density at radius 2 is 0.833 bits per heavy atom. The maximum absolute atomic E-state index is 0. The molecule has 0 aliphatic carbocycles. The van der Waals surface area contributed by atoms with Gasteiger partial charge in [0.25, 0.3) is 0 Å². The molecule has 0 saturated heterocycles. The van der Waals surface area contributed by atoms with Crippen LogP contribution in [-0.4, -0.2) is 23.1 Å². The molecule has 0 spiro atoms. The first-order valence-electron chi connectivity index (χ1n) is 0. The van der Waals surface area contributed by atoms with E-state index in [1.807, 2.05) is 0 Å². The topological polar surface area (TPSA) is 0 Å². The summed E-state index contributed by atoms with van der Waals surface area (Å²) in [6, 6.07) is 0. The summed E-state index contributed by atoms with van der Waals surface area (Å²) in [6.07, 6.45) is 0. The third-order valence-electron chi connectivity index (χ3n) is 0. The number of rotatable bonds is 0. The van der Waals surface area contributed by atoms with E-state index in [0.717, 1.165) is 0 Å². The van der Waals surface area contributed by atoms with Crippen molar-refractivity contribution in [1.29, 1.82) is 0 Å². The quantitative estimate of drug-likeness (QED) is 0.332. The fourth-order valence-corrected chi connectivity index (χ4v) is 0. The third-order valence-corrected chi connectivity index (χ3v) is 0. The molecule has 0 aromatic carbocycles. The summed E-state index contributed by atoms with van der Waals surface area (Å²) in [5.41, 5.74) is 0. The molecule has 6 heteroatoms. The van der Waals surface area contributed by atoms with Crippen LogP contribution in [0.1, 0.15) is 5.71 Å². The van der Waals surface area contributed by atoms with Gasteiger partial charge in [-0.05, 0) is 0 Å². The summed E-state index contributed by atoms with van der Waals surface area (Å²) in [6.45, 7) is 0. The maximum Gasteiger partial charge on any atom is 2.00 e. The second-order valence-electron chi connectivity index (χ2n) is 0. The van der Waals surface area contributed by atoms with E-state index < -0.39 is 0 Å². The van der Waals surface area contributed by atoms with E-state index in [0.29, 0.717) is 0 Å². The Kier molecular flexibility index (Phi) is 317. The third kappa shape index (κ3) is 24.8. The molecule has 0 unspecified atom stereocenters. The normalized spacial score (nSPS) is 0.